The van der Waals surface area contributed by atoms with Gasteiger partial charge in [0.25, 0.3) is 0 Å². The Bertz CT molecular complexity index is 1500. The molecule has 0 bridgehead atoms. The normalized spacial score (nSPS) is 12.3. The molecule has 0 heterocycles. The Labute approximate surface area is 313 Å². The maximum atomic E-state index is 7.19. The third-order valence-corrected chi connectivity index (χ3v) is 10.4. The quantitative estimate of drug-likeness (QED) is 0.109. The largest absolute Gasteiger partial charge is 0.426 e. The number of hydrogen-bond donors (Lipinski definition) is 0. The third kappa shape index (κ3) is 10.1. The van der Waals surface area contributed by atoms with E-state index in [1.165, 1.54) is 55.2 Å². The van der Waals surface area contributed by atoms with E-state index < -0.39 is 0 Å². The van der Waals surface area contributed by atoms with E-state index in [0.29, 0.717) is 48.7 Å². The van der Waals surface area contributed by atoms with Crippen LogP contribution in [-0.4, -0.2) is 27.0 Å². The highest BCUT2D eigenvalue weighted by Crippen LogP contribution is 2.29. The summed E-state index contributed by atoms with van der Waals surface area (Å²) in [6.45, 7) is 33.1. The first kappa shape index (κ1) is 40.7. The topological polar surface area (TPSA) is 18.5 Å². The van der Waals surface area contributed by atoms with Crippen LogP contribution in [0.15, 0.2) is 84.9 Å². The molecule has 0 saturated carbocycles. The zero-order chi connectivity index (χ0) is 37.6. The highest BCUT2D eigenvalue weighted by Gasteiger charge is 2.35. The summed E-state index contributed by atoms with van der Waals surface area (Å²) in [6.07, 6.45) is 0. The van der Waals surface area contributed by atoms with Gasteiger partial charge >= 0.3 is 13.8 Å². The van der Waals surface area contributed by atoms with Gasteiger partial charge in [0.1, 0.15) is 0 Å². The number of benzene rings is 4. The molecule has 0 radical (unpaired) electrons. The first-order valence-electron chi connectivity index (χ1n) is 19.7. The van der Waals surface area contributed by atoms with Crippen molar-refractivity contribution in [2.75, 3.05) is 13.2 Å². The van der Waals surface area contributed by atoms with E-state index in [4.69, 9.17) is 9.31 Å². The SMILES string of the molecule is CC(C)c1cc(C(C)C)c(B(OCC(C)(C)COB(c2ccccc2)c2c(C(C)C)cc(C(C)C)cc2C(C)C)c2ccccc2)c(C(C)C)c1. The summed E-state index contributed by atoms with van der Waals surface area (Å²) < 4.78 is 14.4. The minimum Gasteiger partial charge on any atom is -0.426 e. The minimum absolute atomic E-state index is 0.171. The van der Waals surface area contributed by atoms with Gasteiger partial charge in [-0.1, -0.05) is 182 Å². The van der Waals surface area contributed by atoms with Crippen molar-refractivity contribution in [1.29, 1.82) is 0 Å². The van der Waals surface area contributed by atoms with E-state index in [1.807, 2.05) is 0 Å². The molecule has 4 rings (SSSR count). The van der Waals surface area contributed by atoms with Gasteiger partial charge in [0.05, 0.1) is 0 Å². The monoisotopic (exact) mass is 685 g/mol. The molecule has 0 saturated heterocycles. The van der Waals surface area contributed by atoms with Gasteiger partial charge in [0, 0.05) is 18.6 Å². The second-order valence-corrected chi connectivity index (χ2v) is 17.5. The smallest absolute Gasteiger partial charge is 0.362 e. The van der Waals surface area contributed by atoms with Crippen LogP contribution in [0, 0.1) is 5.41 Å². The van der Waals surface area contributed by atoms with Crippen LogP contribution in [0.1, 0.15) is 166 Å². The van der Waals surface area contributed by atoms with E-state index in [0.717, 1.165) is 0 Å². The van der Waals surface area contributed by atoms with Gasteiger partial charge < -0.3 is 9.31 Å². The molecule has 0 N–H and O–H groups in total. The molecule has 0 aliphatic carbocycles. The zero-order valence-corrected chi connectivity index (χ0v) is 34.4. The van der Waals surface area contributed by atoms with Gasteiger partial charge in [-0.25, -0.2) is 0 Å². The van der Waals surface area contributed by atoms with Crippen LogP contribution in [-0.2, 0) is 9.31 Å². The summed E-state index contributed by atoms with van der Waals surface area (Å²) in [7, 11) is 0. The van der Waals surface area contributed by atoms with E-state index in [9.17, 15) is 0 Å². The van der Waals surface area contributed by atoms with Gasteiger partial charge in [-0.3, -0.25) is 0 Å². The van der Waals surface area contributed by atoms with Crippen LogP contribution < -0.4 is 21.9 Å². The zero-order valence-electron chi connectivity index (χ0n) is 34.4. The maximum Gasteiger partial charge on any atom is 0.362 e. The van der Waals surface area contributed by atoms with Crippen molar-refractivity contribution < 1.29 is 9.31 Å². The van der Waals surface area contributed by atoms with E-state index in [1.54, 1.807) is 0 Å². The molecule has 0 aliphatic rings. The molecule has 272 valence electrons. The molecule has 4 aromatic rings. The lowest BCUT2D eigenvalue weighted by molar-refractivity contribution is 0.114. The van der Waals surface area contributed by atoms with Crippen LogP contribution in [0.25, 0.3) is 0 Å². The lowest BCUT2D eigenvalue weighted by Gasteiger charge is -2.32. The molecule has 2 nitrogen and oxygen atoms in total. The number of hydrogen-bond acceptors (Lipinski definition) is 2. The second-order valence-electron chi connectivity index (χ2n) is 17.5. The van der Waals surface area contributed by atoms with Crippen LogP contribution in [0.3, 0.4) is 0 Å². The van der Waals surface area contributed by atoms with Crippen LogP contribution in [0.5, 0.6) is 0 Å². The number of rotatable bonds is 16. The van der Waals surface area contributed by atoms with Crippen molar-refractivity contribution in [3.63, 3.8) is 0 Å². The Balaban J connectivity index is 1.75. The molecule has 0 amide bonds. The summed E-state index contributed by atoms with van der Waals surface area (Å²) in [6, 6.07) is 31.4. The van der Waals surface area contributed by atoms with Gasteiger partial charge in [-0.2, -0.15) is 0 Å². The van der Waals surface area contributed by atoms with Gasteiger partial charge in [0.15, 0.2) is 0 Å². The summed E-state index contributed by atoms with van der Waals surface area (Å²) in [5.74, 6) is 2.44. The third-order valence-electron chi connectivity index (χ3n) is 10.4. The average Bonchev–Trinajstić information content (AvgIpc) is 3.08. The van der Waals surface area contributed by atoms with Crippen molar-refractivity contribution in [2.24, 2.45) is 5.41 Å². The highest BCUT2D eigenvalue weighted by atomic mass is 16.5. The Kier molecular flexibility index (Phi) is 14.1. The fourth-order valence-electron chi connectivity index (χ4n) is 7.24. The van der Waals surface area contributed by atoms with Crippen LogP contribution >= 0.6 is 0 Å². The fraction of sp³-hybridized carbons (Fsp3) is 0.489. The molecule has 0 atom stereocenters. The summed E-state index contributed by atoms with van der Waals surface area (Å²) in [5, 5.41) is 0. The van der Waals surface area contributed by atoms with Crippen molar-refractivity contribution in [1.82, 2.24) is 0 Å². The molecule has 0 spiro atoms. The predicted octanol–water partition coefficient (Wildman–Crippen LogP) is 10.4. The van der Waals surface area contributed by atoms with E-state index in [-0.39, 0.29) is 19.2 Å². The van der Waals surface area contributed by atoms with Gasteiger partial charge in [-0.15, -0.1) is 0 Å². The van der Waals surface area contributed by atoms with Crippen molar-refractivity contribution >= 4 is 35.7 Å². The molecule has 0 aromatic heterocycles. The molecule has 0 unspecified atom stereocenters. The highest BCUT2D eigenvalue weighted by molar-refractivity contribution is 6.81. The van der Waals surface area contributed by atoms with E-state index in [2.05, 4.69) is 182 Å². The van der Waals surface area contributed by atoms with Crippen molar-refractivity contribution in [3.8, 4) is 0 Å². The summed E-state index contributed by atoms with van der Waals surface area (Å²) >= 11 is 0. The molecule has 51 heavy (non-hydrogen) atoms. The average molecular weight is 685 g/mol. The van der Waals surface area contributed by atoms with Crippen molar-refractivity contribution in [3.05, 3.63) is 118 Å². The molecule has 0 fully saturated rings. The Morgan fingerprint density at radius 1 is 0.431 bits per heavy atom. The van der Waals surface area contributed by atoms with Crippen LogP contribution in [0.2, 0.25) is 0 Å². The predicted molar refractivity (Wildman–Crippen MR) is 226 cm³/mol. The van der Waals surface area contributed by atoms with Gasteiger partial charge in [-0.05, 0) is 90.7 Å². The minimum atomic E-state index is -0.248. The summed E-state index contributed by atoms with van der Waals surface area (Å²) in [4.78, 5) is 0. The van der Waals surface area contributed by atoms with Crippen LogP contribution in [0.4, 0.5) is 0 Å². The molecular formula is C47H66B2O2. The molecular weight excluding hydrogens is 618 g/mol. The molecule has 4 aromatic carbocycles. The summed E-state index contributed by atoms with van der Waals surface area (Å²) in [5.41, 5.74) is 13.2. The van der Waals surface area contributed by atoms with Crippen molar-refractivity contribution in [2.45, 2.75) is 132 Å². The lowest BCUT2D eigenvalue weighted by Crippen LogP contribution is -2.52. The molecule has 0 aliphatic heterocycles. The first-order valence-corrected chi connectivity index (χ1v) is 19.7. The van der Waals surface area contributed by atoms with E-state index >= 15 is 0 Å². The fourth-order valence-corrected chi connectivity index (χ4v) is 7.24. The molecule has 4 heteroatoms. The Morgan fingerprint density at radius 3 is 0.941 bits per heavy atom. The Morgan fingerprint density at radius 2 is 0.706 bits per heavy atom. The second kappa shape index (κ2) is 17.6. The lowest BCUT2D eigenvalue weighted by atomic mass is 9.50. The first-order chi connectivity index (χ1) is 24.0. The standard InChI is InChI=1S/C47H66B2O2/c1-31(2)37-25-41(33(5)6)45(42(26-37)34(7)8)48(39-21-17-15-18-22-39)50-29-47(13,14)30-51-49(40-23-19-16-20-24-40)46-43(35(9)10)27-38(32(3)4)28-44(46)36(11)12/h15-28,31-36H,29-30H2,1-14H3. The van der Waals surface area contributed by atoms with Gasteiger partial charge in [0.2, 0.25) is 0 Å². The maximum absolute atomic E-state index is 7.19. The Hall–Kier alpha value is -3.07.